The number of carboxylic acids is 1. The van der Waals surface area contributed by atoms with Gasteiger partial charge in [-0.05, 0) is 30.3 Å². The van der Waals surface area contributed by atoms with Gasteiger partial charge in [0.1, 0.15) is 5.75 Å². The molecule has 0 saturated heterocycles. The van der Waals surface area contributed by atoms with Crippen LogP contribution >= 0.6 is 0 Å². The molecule has 0 radical (unpaired) electrons. The molecule has 1 aromatic carbocycles. The van der Waals surface area contributed by atoms with E-state index < -0.39 is 11.9 Å². The van der Waals surface area contributed by atoms with Crippen LogP contribution < -0.4 is 9.64 Å². The van der Waals surface area contributed by atoms with Crippen molar-refractivity contribution in [2.24, 2.45) is 5.92 Å². The van der Waals surface area contributed by atoms with Crippen LogP contribution in [-0.2, 0) is 4.79 Å². The number of nitrogens with zero attached hydrogens (tertiary/aromatic N) is 3. The molecule has 0 spiro atoms. The number of carbonyl (C=O) groups is 1. The van der Waals surface area contributed by atoms with Crippen LogP contribution in [0.3, 0.4) is 0 Å². The molecule has 116 valence electrons. The Morgan fingerprint density at radius 3 is 2.59 bits per heavy atom. The fourth-order valence-electron chi connectivity index (χ4n) is 2.03. The molecule has 0 saturated carbocycles. The Kier molecular flexibility index (Phi) is 4.93. The van der Waals surface area contributed by atoms with Gasteiger partial charge in [-0.2, -0.15) is 0 Å². The maximum absolute atomic E-state index is 10.9. The lowest BCUT2D eigenvalue weighted by Gasteiger charge is -2.19. The number of benzene rings is 1. The third kappa shape index (κ3) is 3.72. The number of rotatable bonds is 6. The lowest BCUT2D eigenvalue weighted by molar-refractivity contribution is -0.140. The van der Waals surface area contributed by atoms with Crippen LogP contribution in [-0.4, -0.2) is 41.7 Å². The Morgan fingerprint density at radius 2 is 2.00 bits per heavy atom. The van der Waals surface area contributed by atoms with Crippen LogP contribution in [0.4, 0.5) is 5.95 Å². The summed E-state index contributed by atoms with van der Waals surface area (Å²) in [6.07, 6.45) is 1.67. The Morgan fingerprint density at radius 1 is 1.32 bits per heavy atom. The maximum atomic E-state index is 10.9. The van der Waals surface area contributed by atoms with Gasteiger partial charge in [-0.3, -0.25) is 4.79 Å². The van der Waals surface area contributed by atoms with Crippen molar-refractivity contribution in [3.05, 3.63) is 36.5 Å². The number of anilines is 1. The average Bonchev–Trinajstić information content (AvgIpc) is 2.55. The van der Waals surface area contributed by atoms with E-state index in [-0.39, 0.29) is 0 Å². The van der Waals surface area contributed by atoms with Crippen LogP contribution in [0.2, 0.25) is 0 Å². The quantitative estimate of drug-likeness (QED) is 0.882. The summed E-state index contributed by atoms with van der Waals surface area (Å²) in [5.41, 5.74) is 1.73. The van der Waals surface area contributed by atoms with Crippen LogP contribution in [0.5, 0.6) is 5.75 Å². The van der Waals surface area contributed by atoms with Crippen molar-refractivity contribution in [1.82, 2.24) is 9.97 Å². The first-order valence-corrected chi connectivity index (χ1v) is 6.92. The van der Waals surface area contributed by atoms with Gasteiger partial charge in [0.2, 0.25) is 5.95 Å². The second kappa shape index (κ2) is 6.89. The number of hydrogen-bond donors (Lipinski definition) is 1. The Labute approximate surface area is 129 Å². The number of ether oxygens (including phenoxy) is 1. The Bertz CT molecular complexity index is 643. The van der Waals surface area contributed by atoms with Crippen molar-refractivity contribution in [2.75, 3.05) is 25.6 Å². The van der Waals surface area contributed by atoms with Gasteiger partial charge in [0.05, 0.1) is 18.7 Å². The minimum absolute atomic E-state index is 0.349. The molecule has 0 bridgehead atoms. The summed E-state index contributed by atoms with van der Waals surface area (Å²) < 4.78 is 5.14. The smallest absolute Gasteiger partial charge is 0.308 e. The average molecular weight is 301 g/mol. The first kappa shape index (κ1) is 15.8. The zero-order chi connectivity index (χ0) is 16.1. The molecule has 0 aliphatic carbocycles. The number of aromatic nitrogens is 2. The van der Waals surface area contributed by atoms with Gasteiger partial charge in [0, 0.05) is 25.4 Å². The SMILES string of the molecule is COc1ccc(-c2ccnc(N(C)CC(C)C(=O)O)n2)cc1. The van der Waals surface area contributed by atoms with Crippen molar-refractivity contribution in [3.63, 3.8) is 0 Å². The van der Waals surface area contributed by atoms with E-state index in [1.807, 2.05) is 30.3 Å². The molecule has 1 unspecified atom stereocenters. The lowest BCUT2D eigenvalue weighted by Crippen LogP contribution is -2.29. The molecular formula is C16H19N3O3. The van der Waals surface area contributed by atoms with Gasteiger partial charge in [-0.1, -0.05) is 6.92 Å². The van der Waals surface area contributed by atoms with Gasteiger partial charge in [-0.15, -0.1) is 0 Å². The molecule has 2 rings (SSSR count). The predicted octanol–water partition coefficient (Wildman–Crippen LogP) is 2.31. The van der Waals surface area contributed by atoms with Gasteiger partial charge in [-0.25, -0.2) is 9.97 Å². The highest BCUT2D eigenvalue weighted by Gasteiger charge is 2.15. The fraction of sp³-hybridized carbons (Fsp3) is 0.312. The highest BCUT2D eigenvalue weighted by molar-refractivity contribution is 5.70. The fourth-order valence-corrected chi connectivity index (χ4v) is 2.03. The van der Waals surface area contributed by atoms with Gasteiger partial charge < -0.3 is 14.7 Å². The largest absolute Gasteiger partial charge is 0.497 e. The van der Waals surface area contributed by atoms with Crippen LogP contribution in [0.25, 0.3) is 11.3 Å². The van der Waals surface area contributed by atoms with Crippen LogP contribution in [0.1, 0.15) is 6.92 Å². The second-order valence-corrected chi connectivity index (χ2v) is 5.09. The molecule has 1 aromatic heterocycles. The normalized spacial score (nSPS) is 11.8. The van der Waals surface area contributed by atoms with E-state index in [1.165, 1.54) is 0 Å². The number of aliphatic carboxylic acids is 1. The van der Waals surface area contributed by atoms with E-state index in [2.05, 4.69) is 9.97 Å². The summed E-state index contributed by atoms with van der Waals surface area (Å²) in [7, 11) is 3.41. The number of carboxylic acid groups (broad SMARTS) is 1. The minimum atomic E-state index is -0.835. The summed E-state index contributed by atoms with van der Waals surface area (Å²) in [6, 6.07) is 9.40. The minimum Gasteiger partial charge on any atom is -0.497 e. The molecule has 1 heterocycles. The Balaban J connectivity index is 2.20. The summed E-state index contributed by atoms with van der Waals surface area (Å²) in [5, 5.41) is 8.98. The molecule has 0 aliphatic rings. The second-order valence-electron chi connectivity index (χ2n) is 5.09. The van der Waals surface area contributed by atoms with Crippen molar-refractivity contribution >= 4 is 11.9 Å². The van der Waals surface area contributed by atoms with Crippen molar-refractivity contribution in [3.8, 4) is 17.0 Å². The standard InChI is InChI=1S/C16H19N3O3/c1-11(15(20)21)10-19(2)16-17-9-8-14(18-16)12-4-6-13(22-3)7-5-12/h4-9,11H,10H2,1-3H3,(H,20,21). The van der Waals surface area contributed by atoms with Gasteiger partial charge >= 0.3 is 5.97 Å². The van der Waals surface area contributed by atoms with E-state index in [0.717, 1.165) is 17.0 Å². The summed E-state index contributed by atoms with van der Waals surface area (Å²) >= 11 is 0. The molecule has 6 nitrogen and oxygen atoms in total. The van der Waals surface area contributed by atoms with E-state index in [1.54, 1.807) is 32.2 Å². The van der Waals surface area contributed by atoms with E-state index >= 15 is 0 Å². The molecule has 2 aromatic rings. The van der Waals surface area contributed by atoms with E-state index in [0.29, 0.717) is 12.5 Å². The maximum Gasteiger partial charge on any atom is 0.308 e. The third-order valence-corrected chi connectivity index (χ3v) is 3.34. The molecular weight excluding hydrogens is 282 g/mol. The van der Waals surface area contributed by atoms with Gasteiger partial charge in [0.15, 0.2) is 0 Å². The monoisotopic (exact) mass is 301 g/mol. The van der Waals surface area contributed by atoms with Gasteiger partial charge in [0.25, 0.3) is 0 Å². The van der Waals surface area contributed by atoms with E-state index in [9.17, 15) is 4.79 Å². The Hall–Kier alpha value is -2.63. The first-order chi connectivity index (χ1) is 10.5. The highest BCUT2D eigenvalue weighted by atomic mass is 16.5. The predicted molar refractivity (Wildman–Crippen MR) is 84.1 cm³/mol. The number of hydrogen-bond acceptors (Lipinski definition) is 5. The molecule has 0 amide bonds. The van der Waals surface area contributed by atoms with Crippen molar-refractivity contribution < 1.29 is 14.6 Å². The topological polar surface area (TPSA) is 75.5 Å². The summed E-state index contributed by atoms with van der Waals surface area (Å²) in [4.78, 5) is 21.4. The molecule has 6 heteroatoms. The number of methoxy groups -OCH3 is 1. The zero-order valence-corrected chi connectivity index (χ0v) is 12.9. The summed E-state index contributed by atoms with van der Waals surface area (Å²) in [6.45, 7) is 2.01. The zero-order valence-electron chi connectivity index (χ0n) is 12.9. The highest BCUT2D eigenvalue weighted by Crippen LogP contribution is 2.21. The third-order valence-electron chi connectivity index (χ3n) is 3.34. The lowest BCUT2D eigenvalue weighted by atomic mass is 10.1. The molecule has 1 atom stereocenters. The van der Waals surface area contributed by atoms with Crippen molar-refractivity contribution in [2.45, 2.75) is 6.92 Å². The molecule has 22 heavy (non-hydrogen) atoms. The van der Waals surface area contributed by atoms with E-state index in [4.69, 9.17) is 9.84 Å². The molecule has 0 fully saturated rings. The van der Waals surface area contributed by atoms with Crippen molar-refractivity contribution in [1.29, 1.82) is 0 Å². The molecule has 1 N–H and O–H groups in total. The van der Waals surface area contributed by atoms with Crippen LogP contribution in [0.15, 0.2) is 36.5 Å². The molecule has 0 aliphatic heterocycles. The van der Waals surface area contributed by atoms with Crippen LogP contribution in [0, 0.1) is 5.92 Å². The first-order valence-electron chi connectivity index (χ1n) is 6.92. The summed E-state index contributed by atoms with van der Waals surface area (Å²) in [5.74, 6) is -0.0387.